The lowest BCUT2D eigenvalue weighted by Crippen LogP contribution is -2.41. The van der Waals surface area contributed by atoms with Crippen LogP contribution in [0, 0.1) is 18.6 Å². The van der Waals surface area contributed by atoms with Gasteiger partial charge in [0.2, 0.25) is 0 Å². The van der Waals surface area contributed by atoms with Crippen molar-refractivity contribution in [3.05, 3.63) is 47.0 Å². The first-order chi connectivity index (χ1) is 15.4. The van der Waals surface area contributed by atoms with Crippen molar-refractivity contribution in [1.29, 1.82) is 0 Å². The monoisotopic (exact) mass is 457 g/mol. The number of hydrogen-bond donors (Lipinski definition) is 1. The molecule has 0 bridgehead atoms. The number of halogens is 2. The lowest BCUT2D eigenvalue weighted by atomic mass is 9.75. The van der Waals surface area contributed by atoms with Crippen molar-refractivity contribution in [2.75, 3.05) is 11.9 Å². The number of anilines is 1. The van der Waals surface area contributed by atoms with E-state index in [1.807, 2.05) is 27.7 Å². The van der Waals surface area contributed by atoms with Gasteiger partial charge in [0.25, 0.3) is 5.91 Å². The van der Waals surface area contributed by atoms with Gasteiger partial charge in [-0.15, -0.1) is 0 Å². The highest BCUT2D eigenvalue weighted by Gasteiger charge is 2.52. The molecule has 0 atom stereocenters. The number of amides is 1. The van der Waals surface area contributed by atoms with Crippen LogP contribution in [0.4, 0.5) is 14.5 Å². The molecule has 2 aromatic rings. The van der Waals surface area contributed by atoms with E-state index < -0.39 is 35.9 Å². The lowest BCUT2D eigenvalue weighted by Gasteiger charge is -2.32. The molecule has 0 aromatic heterocycles. The summed E-state index contributed by atoms with van der Waals surface area (Å²) >= 11 is 0. The van der Waals surface area contributed by atoms with E-state index in [1.165, 1.54) is 18.2 Å². The van der Waals surface area contributed by atoms with Crippen LogP contribution in [-0.2, 0) is 9.31 Å². The van der Waals surface area contributed by atoms with Crippen LogP contribution >= 0.6 is 0 Å². The molecular weight excluding hydrogens is 431 g/mol. The van der Waals surface area contributed by atoms with Gasteiger partial charge in [-0.2, -0.15) is 0 Å². The Morgan fingerprint density at radius 1 is 1.00 bits per heavy atom. The van der Waals surface area contributed by atoms with Crippen molar-refractivity contribution in [2.45, 2.75) is 64.3 Å². The Bertz CT molecular complexity index is 1150. The minimum absolute atomic E-state index is 0.205. The van der Waals surface area contributed by atoms with Crippen molar-refractivity contribution < 1.29 is 32.4 Å². The topological polar surface area (TPSA) is 66.0 Å². The molecule has 1 saturated heterocycles. The van der Waals surface area contributed by atoms with Gasteiger partial charge in [-0.1, -0.05) is 0 Å². The van der Waals surface area contributed by atoms with E-state index in [9.17, 15) is 13.6 Å². The molecule has 5 rings (SSSR count). The minimum atomic E-state index is -0.804. The van der Waals surface area contributed by atoms with Gasteiger partial charge in [0.15, 0.2) is 11.5 Å². The summed E-state index contributed by atoms with van der Waals surface area (Å²) in [7, 11) is -0.804. The van der Waals surface area contributed by atoms with E-state index in [4.69, 9.17) is 18.8 Å². The van der Waals surface area contributed by atoms with Gasteiger partial charge < -0.3 is 24.1 Å². The van der Waals surface area contributed by atoms with Crippen LogP contribution in [0.5, 0.6) is 11.5 Å². The third kappa shape index (κ3) is 3.77. The SMILES string of the molecule is Cc1c(NC(=O)c2cc3c(cc2F)OC2(CC2)CO3)cc(F)cc1B1OC(C)(C)C(C)(C)O1. The Morgan fingerprint density at radius 3 is 2.30 bits per heavy atom. The zero-order chi connectivity index (χ0) is 23.8. The highest BCUT2D eigenvalue weighted by molar-refractivity contribution is 6.62. The summed E-state index contributed by atoms with van der Waals surface area (Å²) < 4.78 is 52.9. The summed E-state index contributed by atoms with van der Waals surface area (Å²) in [5, 5.41) is 2.62. The van der Waals surface area contributed by atoms with E-state index >= 15 is 0 Å². The number of carbonyl (C=O) groups is 1. The maximum Gasteiger partial charge on any atom is 0.495 e. The summed E-state index contributed by atoms with van der Waals surface area (Å²) in [6, 6.07) is 5.00. The summed E-state index contributed by atoms with van der Waals surface area (Å²) in [6.07, 6.45) is 1.72. The molecule has 3 aliphatic rings. The molecule has 0 unspecified atom stereocenters. The van der Waals surface area contributed by atoms with Gasteiger partial charge in [0.1, 0.15) is 23.8 Å². The molecule has 2 fully saturated rings. The van der Waals surface area contributed by atoms with Crippen LogP contribution < -0.4 is 20.3 Å². The highest BCUT2D eigenvalue weighted by atomic mass is 19.1. The Hall–Kier alpha value is -2.65. The number of hydrogen-bond acceptors (Lipinski definition) is 5. The second kappa shape index (κ2) is 7.17. The molecular formula is C24H26BF2NO5. The number of benzene rings is 2. The summed E-state index contributed by atoms with van der Waals surface area (Å²) in [5.41, 5.74) is -0.550. The summed E-state index contributed by atoms with van der Waals surface area (Å²) in [5.74, 6) is -1.43. The molecule has 174 valence electrons. The Kier molecular flexibility index (Phi) is 4.82. The molecule has 2 aromatic carbocycles. The van der Waals surface area contributed by atoms with Crippen molar-refractivity contribution in [3.63, 3.8) is 0 Å². The van der Waals surface area contributed by atoms with Crippen LogP contribution in [0.25, 0.3) is 0 Å². The van der Waals surface area contributed by atoms with Crippen LogP contribution in [0.1, 0.15) is 56.5 Å². The van der Waals surface area contributed by atoms with E-state index in [0.717, 1.165) is 18.9 Å². The van der Waals surface area contributed by atoms with Gasteiger partial charge in [0, 0.05) is 11.8 Å². The van der Waals surface area contributed by atoms with Crippen molar-refractivity contribution in [2.24, 2.45) is 0 Å². The molecule has 6 nitrogen and oxygen atoms in total. The minimum Gasteiger partial charge on any atom is -0.485 e. The maximum atomic E-state index is 14.8. The largest absolute Gasteiger partial charge is 0.495 e. The van der Waals surface area contributed by atoms with E-state index in [0.29, 0.717) is 23.4 Å². The smallest absolute Gasteiger partial charge is 0.485 e. The molecule has 1 N–H and O–H groups in total. The van der Waals surface area contributed by atoms with E-state index in [2.05, 4.69) is 5.32 Å². The number of ether oxygens (including phenoxy) is 2. The average Bonchev–Trinajstić information content (AvgIpc) is 3.42. The molecule has 33 heavy (non-hydrogen) atoms. The first-order valence-electron chi connectivity index (χ1n) is 11.0. The Morgan fingerprint density at radius 2 is 1.67 bits per heavy atom. The van der Waals surface area contributed by atoms with Gasteiger partial charge in [0.05, 0.1) is 16.8 Å². The molecule has 2 aliphatic heterocycles. The molecule has 2 heterocycles. The highest BCUT2D eigenvalue weighted by Crippen LogP contribution is 2.47. The van der Waals surface area contributed by atoms with Crippen LogP contribution in [0.15, 0.2) is 24.3 Å². The normalized spacial score (nSPS) is 21.2. The molecule has 1 aliphatic carbocycles. The number of fused-ring (bicyclic) bond motifs is 1. The fourth-order valence-corrected chi connectivity index (χ4v) is 3.99. The van der Waals surface area contributed by atoms with Gasteiger partial charge in [-0.3, -0.25) is 4.79 Å². The second-order valence-electron chi connectivity index (χ2n) is 10.1. The Balaban J connectivity index is 1.42. The second-order valence-corrected chi connectivity index (χ2v) is 10.1. The predicted octanol–water partition coefficient (Wildman–Crippen LogP) is 4.13. The third-order valence-electron chi connectivity index (χ3n) is 7.07. The molecule has 1 spiro atoms. The zero-order valence-corrected chi connectivity index (χ0v) is 19.3. The standard InChI is InChI=1S/C24H26BF2NO5/c1-13-16(25-32-22(2,3)23(4,5)33-25)8-14(26)9-18(13)28-21(29)15-10-19-20(11-17(15)27)31-24(6-7-24)12-30-19/h8-11H,6-7,12H2,1-5H3,(H,28,29). The average molecular weight is 457 g/mol. The van der Waals surface area contributed by atoms with Gasteiger partial charge >= 0.3 is 7.12 Å². The maximum absolute atomic E-state index is 14.8. The molecule has 9 heteroatoms. The van der Waals surface area contributed by atoms with Crippen LogP contribution in [-0.4, -0.2) is 36.4 Å². The first-order valence-corrected chi connectivity index (χ1v) is 11.0. The Labute approximate surface area is 191 Å². The number of carbonyl (C=O) groups excluding carboxylic acids is 1. The molecule has 1 saturated carbocycles. The third-order valence-corrected chi connectivity index (χ3v) is 7.07. The molecule has 1 amide bonds. The summed E-state index contributed by atoms with van der Waals surface area (Å²) in [6.45, 7) is 9.71. The van der Waals surface area contributed by atoms with E-state index in [1.54, 1.807) is 6.92 Å². The lowest BCUT2D eigenvalue weighted by molar-refractivity contribution is 0.00578. The van der Waals surface area contributed by atoms with Crippen molar-refractivity contribution >= 4 is 24.2 Å². The van der Waals surface area contributed by atoms with Crippen molar-refractivity contribution in [1.82, 2.24) is 0 Å². The van der Waals surface area contributed by atoms with Gasteiger partial charge in [-0.05, 0) is 76.7 Å². The molecule has 0 radical (unpaired) electrons. The van der Waals surface area contributed by atoms with E-state index in [-0.39, 0.29) is 22.6 Å². The van der Waals surface area contributed by atoms with Crippen LogP contribution in [0.3, 0.4) is 0 Å². The van der Waals surface area contributed by atoms with Crippen LogP contribution in [0.2, 0.25) is 0 Å². The summed E-state index contributed by atoms with van der Waals surface area (Å²) in [4.78, 5) is 12.9. The first kappa shape index (κ1) is 22.2. The quantitative estimate of drug-likeness (QED) is 0.703. The van der Waals surface area contributed by atoms with Crippen molar-refractivity contribution in [3.8, 4) is 11.5 Å². The zero-order valence-electron chi connectivity index (χ0n) is 19.3. The number of rotatable bonds is 3. The predicted molar refractivity (Wildman–Crippen MR) is 119 cm³/mol. The van der Waals surface area contributed by atoms with Gasteiger partial charge in [-0.25, -0.2) is 8.78 Å². The fourth-order valence-electron chi connectivity index (χ4n) is 3.99. The fraction of sp³-hybridized carbons (Fsp3) is 0.458. The number of nitrogens with one attached hydrogen (secondary N) is 1.